The summed E-state index contributed by atoms with van der Waals surface area (Å²) in [5.74, 6) is -0.851. The van der Waals surface area contributed by atoms with Crippen molar-refractivity contribution in [3.63, 3.8) is 0 Å². The van der Waals surface area contributed by atoms with Crippen LogP contribution in [0.25, 0.3) is 0 Å². The minimum absolute atomic E-state index is 0.290. The fraction of sp³-hybridized carbons (Fsp3) is 0.185. The van der Waals surface area contributed by atoms with Crippen molar-refractivity contribution >= 4 is 11.8 Å². The molecule has 2 amide bonds. The zero-order valence-corrected chi connectivity index (χ0v) is 17.9. The third-order valence-corrected chi connectivity index (χ3v) is 5.37. The summed E-state index contributed by atoms with van der Waals surface area (Å²) in [5.41, 5.74) is 8.01. The summed E-state index contributed by atoms with van der Waals surface area (Å²) < 4.78 is 0. The van der Waals surface area contributed by atoms with E-state index in [1.807, 2.05) is 111 Å². The summed E-state index contributed by atoms with van der Waals surface area (Å²) >= 11 is 0. The molecule has 0 saturated heterocycles. The molecule has 3 aromatic carbocycles. The van der Waals surface area contributed by atoms with Crippen LogP contribution in [0.15, 0.2) is 103 Å². The van der Waals surface area contributed by atoms with E-state index < -0.39 is 17.4 Å². The molecule has 1 atom stereocenters. The van der Waals surface area contributed by atoms with E-state index in [2.05, 4.69) is 5.32 Å². The van der Waals surface area contributed by atoms with Crippen LogP contribution in [0.3, 0.4) is 0 Å². The van der Waals surface area contributed by atoms with Crippen molar-refractivity contribution in [1.29, 1.82) is 0 Å². The number of nitrogens with two attached hydrogens (primary N) is 1. The van der Waals surface area contributed by atoms with Crippen molar-refractivity contribution in [3.05, 3.63) is 119 Å². The second kappa shape index (κ2) is 9.90. The lowest BCUT2D eigenvalue weighted by atomic mass is 9.68. The van der Waals surface area contributed by atoms with Crippen LogP contribution in [0.4, 0.5) is 0 Å². The molecule has 0 aliphatic carbocycles. The molecule has 4 nitrogen and oxygen atoms in total. The van der Waals surface area contributed by atoms with Gasteiger partial charge in [0, 0.05) is 0 Å². The molecule has 0 saturated carbocycles. The fourth-order valence-electron chi connectivity index (χ4n) is 3.82. The number of allylic oxidation sites excluding steroid dienone is 1. The quantitative estimate of drug-likeness (QED) is 0.427. The van der Waals surface area contributed by atoms with E-state index in [0.717, 1.165) is 22.3 Å². The second-order valence-corrected chi connectivity index (χ2v) is 7.79. The summed E-state index contributed by atoms with van der Waals surface area (Å²) in [6.07, 6.45) is 2.25. The van der Waals surface area contributed by atoms with E-state index in [0.29, 0.717) is 6.42 Å². The Labute approximate surface area is 183 Å². The van der Waals surface area contributed by atoms with Gasteiger partial charge in [0.25, 0.3) is 0 Å². The number of amides is 2. The van der Waals surface area contributed by atoms with E-state index in [1.54, 1.807) is 0 Å². The average molecular weight is 413 g/mol. The maximum atomic E-state index is 14.1. The van der Waals surface area contributed by atoms with Crippen molar-refractivity contribution in [1.82, 2.24) is 5.32 Å². The van der Waals surface area contributed by atoms with Gasteiger partial charge >= 0.3 is 0 Å². The Morgan fingerprint density at radius 1 is 0.806 bits per heavy atom. The number of primary amides is 1. The van der Waals surface area contributed by atoms with Crippen LogP contribution >= 0.6 is 0 Å². The highest BCUT2D eigenvalue weighted by Crippen LogP contribution is 2.39. The third-order valence-electron chi connectivity index (χ3n) is 5.37. The van der Waals surface area contributed by atoms with Crippen LogP contribution in [-0.2, 0) is 15.0 Å². The van der Waals surface area contributed by atoms with Crippen molar-refractivity contribution in [3.8, 4) is 0 Å². The molecule has 4 heteroatoms. The standard InChI is InChI=1S/C27H28N2O2/c1-20(2)18-19-24(25(28)30)29-26(31)27(21-12-6-3-7-13-21,22-14-8-4-9-15-22)23-16-10-5-11-17-23/h3-18,24H,19H2,1-2H3,(H2,28,30)(H,29,31)/t24-/m0/s1. The molecule has 0 aliphatic rings. The van der Waals surface area contributed by atoms with Gasteiger partial charge in [-0.15, -0.1) is 0 Å². The maximum absolute atomic E-state index is 14.1. The van der Waals surface area contributed by atoms with Crippen LogP contribution < -0.4 is 11.1 Å². The third kappa shape index (κ3) is 4.75. The molecule has 3 N–H and O–H groups in total. The second-order valence-electron chi connectivity index (χ2n) is 7.79. The maximum Gasteiger partial charge on any atom is 0.240 e. The smallest absolute Gasteiger partial charge is 0.240 e. The predicted octanol–water partition coefficient (Wildman–Crippen LogP) is 4.35. The Bertz CT molecular complexity index is 944. The molecule has 0 spiro atoms. The molecular formula is C27H28N2O2. The van der Waals surface area contributed by atoms with Crippen molar-refractivity contribution in [2.75, 3.05) is 0 Å². The molecule has 0 fully saturated rings. The van der Waals surface area contributed by atoms with Gasteiger partial charge in [0.1, 0.15) is 11.5 Å². The minimum atomic E-state index is -1.14. The number of carbonyl (C=O) groups is 2. The van der Waals surface area contributed by atoms with Crippen molar-refractivity contribution < 1.29 is 9.59 Å². The first-order valence-corrected chi connectivity index (χ1v) is 10.4. The van der Waals surface area contributed by atoms with Crippen LogP contribution in [-0.4, -0.2) is 17.9 Å². The molecule has 3 aromatic rings. The Hall–Kier alpha value is -3.66. The van der Waals surface area contributed by atoms with Gasteiger partial charge in [0.2, 0.25) is 11.8 Å². The largest absolute Gasteiger partial charge is 0.368 e. The van der Waals surface area contributed by atoms with Gasteiger partial charge in [-0.2, -0.15) is 0 Å². The average Bonchev–Trinajstić information content (AvgIpc) is 2.79. The molecule has 0 bridgehead atoms. The molecule has 0 radical (unpaired) electrons. The van der Waals surface area contributed by atoms with Crippen molar-refractivity contribution in [2.24, 2.45) is 5.73 Å². The molecule has 31 heavy (non-hydrogen) atoms. The van der Waals surface area contributed by atoms with E-state index in [1.165, 1.54) is 0 Å². The molecule has 0 unspecified atom stereocenters. The van der Waals surface area contributed by atoms with Crippen LogP contribution in [0.5, 0.6) is 0 Å². The van der Waals surface area contributed by atoms with E-state index >= 15 is 0 Å². The lowest BCUT2D eigenvalue weighted by Crippen LogP contribution is -2.53. The molecule has 0 heterocycles. The number of benzene rings is 3. The first-order valence-electron chi connectivity index (χ1n) is 10.4. The molecule has 0 aliphatic heterocycles. The van der Waals surface area contributed by atoms with Gasteiger partial charge in [-0.3, -0.25) is 9.59 Å². The first-order chi connectivity index (χ1) is 15.0. The Morgan fingerprint density at radius 3 is 1.52 bits per heavy atom. The zero-order valence-electron chi connectivity index (χ0n) is 17.9. The van der Waals surface area contributed by atoms with Gasteiger partial charge in [0.15, 0.2) is 0 Å². The number of nitrogens with one attached hydrogen (secondary N) is 1. The van der Waals surface area contributed by atoms with Gasteiger partial charge in [-0.25, -0.2) is 0 Å². The fourth-order valence-corrected chi connectivity index (χ4v) is 3.82. The van der Waals surface area contributed by atoms with Crippen molar-refractivity contribution in [2.45, 2.75) is 31.7 Å². The van der Waals surface area contributed by atoms with Crippen LogP contribution in [0.2, 0.25) is 0 Å². The lowest BCUT2D eigenvalue weighted by molar-refractivity contribution is -0.129. The SMILES string of the molecule is CC(C)=CC[C@H](NC(=O)C(c1ccccc1)(c1ccccc1)c1ccccc1)C(N)=O. The highest BCUT2D eigenvalue weighted by Gasteiger charge is 2.44. The Kier molecular flexibility index (Phi) is 7.03. The predicted molar refractivity (Wildman–Crippen MR) is 124 cm³/mol. The van der Waals surface area contributed by atoms with Gasteiger partial charge in [-0.1, -0.05) is 103 Å². The molecule has 158 valence electrons. The first kappa shape index (κ1) is 22.0. The number of carbonyl (C=O) groups excluding carboxylic acids is 2. The van der Waals surface area contributed by atoms with Gasteiger partial charge < -0.3 is 11.1 Å². The Balaban J connectivity index is 2.21. The monoisotopic (exact) mass is 412 g/mol. The van der Waals surface area contributed by atoms with E-state index in [4.69, 9.17) is 5.73 Å². The van der Waals surface area contributed by atoms with Crippen LogP contribution in [0.1, 0.15) is 37.0 Å². The number of hydrogen-bond acceptors (Lipinski definition) is 2. The summed E-state index contributed by atoms with van der Waals surface area (Å²) in [4.78, 5) is 26.2. The molecule has 0 aromatic heterocycles. The van der Waals surface area contributed by atoms with Crippen LogP contribution in [0, 0.1) is 0 Å². The normalized spacial score (nSPS) is 11.9. The topological polar surface area (TPSA) is 72.2 Å². The summed E-state index contributed by atoms with van der Waals surface area (Å²) in [6, 6.07) is 28.1. The van der Waals surface area contributed by atoms with E-state index in [-0.39, 0.29) is 5.91 Å². The summed E-state index contributed by atoms with van der Waals surface area (Å²) in [6.45, 7) is 3.89. The zero-order chi connectivity index (χ0) is 22.3. The lowest BCUT2D eigenvalue weighted by Gasteiger charge is -2.35. The minimum Gasteiger partial charge on any atom is -0.368 e. The molecular weight excluding hydrogens is 384 g/mol. The highest BCUT2D eigenvalue weighted by molar-refractivity contribution is 5.98. The van der Waals surface area contributed by atoms with E-state index in [9.17, 15) is 9.59 Å². The number of hydrogen-bond donors (Lipinski definition) is 2. The van der Waals surface area contributed by atoms with Gasteiger partial charge in [-0.05, 0) is 37.0 Å². The summed E-state index contributed by atoms with van der Waals surface area (Å²) in [7, 11) is 0. The Morgan fingerprint density at radius 2 is 1.19 bits per heavy atom. The highest BCUT2D eigenvalue weighted by atomic mass is 16.2. The van der Waals surface area contributed by atoms with Gasteiger partial charge in [0.05, 0.1) is 0 Å². The summed E-state index contributed by atoms with van der Waals surface area (Å²) in [5, 5.41) is 2.95. The molecule has 3 rings (SSSR count). The number of rotatable bonds is 8.